The Bertz CT molecular complexity index is 297. The van der Waals surface area contributed by atoms with Crippen molar-refractivity contribution in [1.82, 2.24) is 5.32 Å². The van der Waals surface area contributed by atoms with Crippen LogP contribution in [0.4, 0.5) is 0 Å². The number of benzene rings is 1. The number of aliphatic hydroxyl groups excluding tert-OH is 1. The average Bonchev–Trinajstić information content (AvgIpc) is 2.15. The van der Waals surface area contributed by atoms with Gasteiger partial charge in [0.25, 0.3) is 0 Å². The van der Waals surface area contributed by atoms with E-state index in [9.17, 15) is 0 Å². The molecule has 0 aliphatic carbocycles. The first-order valence-corrected chi connectivity index (χ1v) is 5.53. The van der Waals surface area contributed by atoms with Gasteiger partial charge in [0.2, 0.25) is 0 Å². The molecule has 2 heteroatoms. The topological polar surface area (TPSA) is 32.3 Å². The SMILES string of the molecule is Cc1cc(C)c(CCNCCO)c(C)c1. The molecule has 0 aromatic heterocycles. The molecule has 0 amide bonds. The number of rotatable bonds is 5. The molecule has 1 aromatic rings. The van der Waals surface area contributed by atoms with E-state index in [4.69, 9.17) is 5.11 Å². The maximum absolute atomic E-state index is 8.65. The van der Waals surface area contributed by atoms with Crippen molar-refractivity contribution in [3.63, 3.8) is 0 Å². The largest absolute Gasteiger partial charge is 0.395 e. The number of aliphatic hydroxyl groups is 1. The fraction of sp³-hybridized carbons (Fsp3) is 0.538. The van der Waals surface area contributed by atoms with E-state index in [1.165, 1.54) is 22.3 Å². The lowest BCUT2D eigenvalue weighted by atomic mass is 9.97. The standard InChI is InChI=1S/C13H21NO/c1-10-8-11(2)13(12(3)9-10)4-5-14-6-7-15/h8-9,14-15H,4-7H2,1-3H3. The zero-order chi connectivity index (χ0) is 11.3. The average molecular weight is 207 g/mol. The zero-order valence-corrected chi connectivity index (χ0v) is 9.93. The predicted octanol–water partition coefficient (Wildman–Crippen LogP) is 1.74. The lowest BCUT2D eigenvalue weighted by Gasteiger charge is -2.11. The van der Waals surface area contributed by atoms with E-state index >= 15 is 0 Å². The summed E-state index contributed by atoms with van der Waals surface area (Å²) in [5.41, 5.74) is 5.51. The third-order valence-corrected chi connectivity index (χ3v) is 2.68. The summed E-state index contributed by atoms with van der Waals surface area (Å²) < 4.78 is 0. The normalized spacial score (nSPS) is 10.7. The van der Waals surface area contributed by atoms with Crippen LogP contribution in [-0.4, -0.2) is 24.8 Å². The van der Waals surface area contributed by atoms with Gasteiger partial charge in [-0.15, -0.1) is 0 Å². The highest BCUT2D eigenvalue weighted by molar-refractivity contribution is 5.37. The van der Waals surface area contributed by atoms with E-state index in [0.29, 0.717) is 6.54 Å². The van der Waals surface area contributed by atoms with Crippen molar-refractivity contribution in [2.75, 3.05) is 19.7 Å². The fourth-order valence-electron chi connectivity index (χ4n) is 2.02. The van der Waals surface area contributed by atoms with Crippen molar-refractivity contribution < 1.29 is 5.11 Å². The molecule has 0 fully saturated rings. The van der Waals surface area contributed by atoms with Crippen molar-refractivity contribution in [3.8, 4) is 0 Å². The smallest absolute Gasteiger partial charge is 0.0555 e. The molecule has 2 nitrogen and oxygen atoms in total. The Kier molecular flexibility index (Phi) is 4.79. The first kappa shape index (κ1) is 12.2. The number of nitrogens with one attached hydrogen (secondary N) is 1. The Labute approximate surface area is 92.3 Å². The summed E-state index contributed by atoms with van der Waals surface area (Å²) in [5.74, 6) is 0. The monoisotopic (exact) mass is 207 g/mol. The van der Waals surface area contributed by atoms with Crippen LogP contribution in [0.15, 0.2) is 12.1 Å². The molecule has 0 saturated heterocycles. The molecule has 15 heavy (non-hydrogen) atoms. The lowest BCUT2D eigenvalue weighted by molar-refractivity contribution is 0.293. The number of aryl methyl sites for hydroxylation is 3. The molecule has 2 N–H and O–H groups in total. The molecular weight excluding hydrogens is 186 g/mol. The highest BCUT2D eigenvalue weighted by Gasteiger charge is 2.02. The van der Waals surface area contributed by atoms with Gasteiger partial charge in [-0.25, -0.2) is 0 Å². The highest BCUT2D eigenvalue weighted by Crippen LogP contribution is 2.16. The van der Waals surface area contributed by atoms with Crippen LogP contribution in [0.2, 0.25) is 0 Å². The van der Waals surface area contributed by atoms with Crippen molar-refractivity contribution in [1.29, 1.82) is 0 Å². The molecule has 0 aliphatic rings. The van der Waals surface area contributed by atoms with Gasteiger partial charge in [0.15, 0.2) is 0 Å². The molecule has 0 aliphatic heterocycles. The fourth-order valence-corrected chi connectivity index (χ4v) is 2.02. The van der Waals surface area contributed by atoms with Crippen LogP contribution in [0.3, 0.4) is 0 Å². The van der Waals surface area contributed by atoms with Gasteiger partial charge < -0.3 is 10.4 Å². The molecule has 1 aromatic carbocycles. The van der Waals surface area contributed by atoms with Crippen molar-refractivity contribution in [2.24, 2.45) is 0 Å². The van der Waals surface area contributed by atoms with Gasteiger partial charge in [0.05, 0.1) is 6.61 Å². The first-order chi connectivity index (χ1) is 7.15. The van der Waals surface area contributed by atoms with E-state index in [-0.39, 0.29) is 6.61 Å². The molecule has 1 rings (SSSR count). The van der Waals surface area contributed by atoms with E-state index < -0.39 is 0 Å². The summed E-state index contributed by atoms with van der Waals surface area (Å²) in [6.07, 6.45) is 1.04. The molecule has 0 unspecified atom stereocenters. The van der Waals surface area contributed by atoms with Crippen LogP contribution in [0.25, 0.3) is 0 Å². The van der Waals surface area contributed by atoms with Crippen LogP contribution in [0.5, 0.6) is 0 Å². The second kappa shape index (κ2) is 5.89. The maximum atomic E-state index is 8.65. The number of hydrogen-bond donors (Lipinski definition) is 2. The van der Waals surface area contributed by atoms with Crippen LogP contribution in [0.1, 0.15) is 22.3 Å². The minimum atomic E-state index is 0.214. The minimum absolute atomic E-state index is 0.214. The Morgan fingerprint density at radius 1 is 1.07 bits per heavy atom. The maximum Gasteiger partial charge on any atom is 0.0555 e. The van der Waals surface area contributed by atoms with Gasteiger partial charge in [0.1, 0.15) is 0 Å². The molecule has 0 spiro atoms. The van der Waals surface area contributed by atoms with E-state index in [1.54, 1.807) is 0 Å². The zero-order valence-electron chi connectivity index (χ0n) is 9.93. The van der Waals surface area contributed by atoms with Gasteiger partial charge in [-0.05, 0) is 50.4 Å². The second-order valence-electron chi connectivity index (χ2n) is 4.10. The molecule has 0 saturated carbocycles. The molecule has 0 radical (unpaired) electrons. The van der Waals surface area contributed by atoms with Crippen LogP contribution >= 0.6 is 0 Å². The minimum Gasteiger partial charge on any atom is -0.395 e. The lowest BCUT2D eigenvalue weighted by Crippen LogP contribution is -2.21. The second-order valence-corrected chi connectivity index (χ2v) is 4.10. The van der Waals surface area contributed by atoms with E-state index in [0.717, 1.165) is 13.0 Å². The molecular formula is C13H21NO. The summed E-state index contributed by atoms with van der Waals surface area (Å²) in [7, 11) is 0. The Morgan fingerprint density at radius 2 is 1.67 bits per heavy atom. The third-order valence-electron chi connectivity index (χ3n) is 2.68. The van der Waals surface area contributed by atoms with Crippen molar-refractivity contribution >= 4 is 0 Å². The van der Waals surface area contributed by atoms with Gasteiger partial charge in [0, 0.05) is 6.54 Å². The van der Waals surface area contributed by atoms with Crippen molar-refractivity contribution in [2.45, 2.75) is 27.2 Å². The Morgan fingerprint density at radius 3 is 2.20 bits per heavy atom. The summed E-state index contributed by atoms with van der Waals surface area (Å²) >= 11 is 0. The first-order valence-electron chi connectivity index (χ1n) is 5.53. The van der Waals surface area contributed by atoms with E-state index in [2.05, 4.69) is 38.2 Å². The molecule has 84 valence electrons. The summed E-state index contributed by atoms with van der Waals surface area (Å²) in [4.78, 5) is 0. The van der Waals surface area contributed by atoms with Gasteiger partial charge in [-0.2, -0.15) is 0 Å². The predicted molar refractivity (Wildman–Crippen MR) is 64.3 cm³/mol. The van der Waals surface area contributed by atoms with Gasteiger partial charge in [-0.3, -0.25) is 0 Å². The van der Waals surface area contributed by atoms with E-state index in [1.807, 2.05) is 0 Å². The van der Waals surface area contributed by atoms with Gasteiger partial charge >= 0.3 is 0 Å². The van der Waals surface area contributed by atoms with Gasteiger partial charge in [-0.1, -0.05) is 17.7 Å². The third kappa shape index (κ3) is 3.65. The summed E-state index contributed by atoms with van der Waals surface area (Å²) in [6.45, 7) is 8.30. The summed E-state index contributed by atoms with van der Waals surface area (Å²) in [6, 6.07) is 4.46. The van der Waals surface area contributed by atoms with Crippen LogP contribution in [-0.2, 0) is 6.42 Å². The van der Waals surface area contributed by atoms with Crippen LogP contribution in [0, 0.1) is 20.8 Å². The molecule has 0 heterocycles. The van der Waals surface area contributed by atoms with Crippen LogP contribution < -0.4 is 5.32 Å². The Hall–Kier alpha value is -0.860. The molecule has 0 atom stereocenters. The molecule has 0 bridgehead atoms. The van der Waals surface area contributed by atoms with Crippen molar-refractivity contribution in [3.05, 3.63) is 34.4 Å². The highest BCUT2D eigenvalue weighted by atomic mass is 16.3. The summed E-state index contributed by atoms with van der Waals surface area (Å²) in [5, 5.41) is 11.8. The Balaban J connectivity index is 2.60. The number of hydrogen-bond acceptors (Lipinski definition) is 2. The quantitative estimate of drug-likeness (QED) is 0.721.